The fourth-order valence-electron chi connectivity index (χ4n) is 2.46. The number of amides is 1. The van der Waals surface area contributed by atoms with Gasteiger partial charge in [0.1, 0.15) is 0 Å². The van der Waals surface area contributed by atoms with Gasteiger partial charge < -0.3 is 0 Å². The third-order valence-electron chi connectivity index (χ3n) is 3.30. The number of rotatable bonds is 2. The summed E-state index contributed by atoms with van der Waals surface area (Å²) in [4.78, 5) is 12.2. The summed E-state index contributed by atoms with van der Waals surface area (Å²) in [6.45, 7) is 3.65. The Morgan fingerprint density at radius 2 is 2.25 bits per heavy atom. The van der Waals surface area contributed by atoms with Crippen molar-refractivity contribution in [1.82, 2.24) is 4.31 Å². The van der Waals surface area contributed by atoms with E-state index in [0.29, 0.717) is 23.3 Å². The van der Waals surface area contributed by atoms with E-state index in [-0.39, 0.29) is 11.8 Å². The second kappa shape index (κ2) is 3.73. The highest BCUT2D eigenvalue weighted by atomic mass is 32.2. The van der Waals surface area contributed by atoms with Crippen LogP contribution < -0.4 is 0 Å². The Kier molecular flexibility index (Phi) is 2.66. The van der Waals surface area contributed by atoms with Gasteiger partial charge in [0.15, 0.2) is 0 Å². The molecule has 0 spiro atoms. The van der Waals surface area contributed by atoms with Crippen molar-refractivity contribution < 1.29 is 13.2 Å². The molecule has 0 aromatic carbocycles. The van der Waals surface area contributed by atoms with E-state index >= 15 is 0 Å². The van der Waals surface area contributed by atoms with E-state index in [1.807, 2.05) is 0 Å². The van der Waals surface area contributed by atoms with Crippen LogP contribution in [0.5, 0.6) is 0 Å². The monoisotopic (exact) mass is 241 g/mol. The summed E-state index contributed by atoms with van der Waals surface area (Å²) >= 11 is 0. The van der Waals surface area contributed by atoms with Crippen LogP contribution in [0, 0.1) is 5.92 Å². The number of hydrogen-bond acceptors (Lipinski definition) is 3. The molecule has 1 atom stereocenters. The zero-order chi connectivity index (χ0) is 11.9. The van der Waals surface area contributed by atoms with Gasteiger partial charge in [-0.05, 0) is 31.6 Å². The first-order valence-electron chi connectivity index (χ1n) is 5.37. The number of carbonyl (C=O) groups excluding carboxylic acids is 1. The molecule has 5 heteroatoms. The second-order valence-corrected chi connectivity index (χ2v) is 6.22. The molecule has 0 fully saturated rings. The molecule has 88 valence electrons. The average molecular weight is 241 g/mol. The van der Waals surface area contributed by atoms with Crippen LogP contribution in [-0.4, -0.2) is 25.7 Å². The molecule has 0 aromatic heterocycles. The molecule has 4 nitrogen and oxygen atoms in total. The smallest absolute Gasteiger partial charge is 0.264 e. The van der Waals surface area contributed by atoms with Crippen molar-refractivity contribution in [2.24, 2.45) is 5.92 Å². The van der Waals surface area contributed by atoms with E-state index in [9.17, 15) is 13.2 Å². The van der Waals surface area contributed by atoms with Crippen LogP contribution in [0.4, 0.5) is 0 Å². The van der Waals surface area contributed by atoms with Crippen LogP contribution in [0.3, 0.4) is 0 Å². The van der Waals surface area contributed by atoms with Crippen molar-refractivity contribution >= 4 is 15.9 Å². The maximum Gasteiger partial charge on any atom is 0.264 e. The van der Waals surface area contributed by atoms with Gasteiger partial charge in [-0.1, -0.05) is 6.08 Å². The lowest BCUT2D eigenvalue weighted by atomic mass is 9.85. The van der Waals surface area contributed by atoms with Crippen LogP contribution in [0.1, 0.15) is 25.7 Å². The van der Waals surface area contributed by atoms with Gasteiger partial charge in [-0.25, -0.2) is 12.7 Å². The predicted octanol–water partition coefficient (Wildman–Crippen LogP) is 1.42. The number of nitrogens with zero attached hydrogens (tertiary/aromatic N) is 1. The Morgan fingerprint density at radius 1 is 1.56 bits per heavy atom. The highest BCUT2D eigenvalue weighted by molar-refractivity contribution is 7.94. The van der Waals surface area contributed by atoms with Gasteiger partial charge in [0, 0.05) is 12.6 Å². The van der Waals surface area contributed by atoms with E-state index in [1.165, 1.54) is 7.05 Å². The van der Waals surface area contributed by atoms with Crippen molar-refractivity contribution in [2.75, 3.05) is 7.05 Å². The molecule has 1 aliphatic heterocycles. The van der Waals surface area contributed by atoms with Crippen LogP contribution >= 0.6 is 0 Å². The van der Waals surface area contributed by atoms with Crippen LogP contribution in [0.2, 0.25) is 0 Å². The number of allylic oxidation sites excluding steroid dienone is 2. The molecule has 1 aliphatic carbocycles. The van der Waals surface area contributed by atoms with E-state index < -0.39 is 10.0 Å². The Hall–Kier alpha value is -1.10. The first-order chi connectivity index (χ1) is 7.50. The minimum Gasteiger partial charge on any atom is -0.268 e. The maximum absolute atomic E-state index is 11.9. The average Bonchev–Trinajstić information content (AvgIpc) is 2.42. The van der Waals surface area contributed by atoms with Gasteiger partial charge >= 0.3 is 0 Å². The molecule has 1 unspecified atom stereocenters. The number of sulfonamides is 1. The van der Waals surface area contributed by atoms with E-state index in [4.69, 9.17) is 0 Å². The summed E-state index contributed by atoms with van der Waals surface area (Å²) in [7, 11) is -2.16. The van der Waals surface area contributed by atoms with E-state index in [2.05, 4.69) is 6.58 Å². The van der Waals surface area contributed by atoms with Crippen molar-refractivity contribution in [1.29, 1.82) is 0 Å². The Bertz CT molecular complexity index is 475. The molecule has 0 saturated heterocycles. The minimum absolute atomic E-state index is 0.0356. The first-order valence-corrected chi connectivity index (χ1v) is 6.81. The molecule has 2 rings (SSSR count). The molecule has 2 aliphatic rings. The molecule has 1 amide bonds. The molecule has 1 heterocycles. The van der Waals surface area contributed by atoms with Crippen molar-refractivity contribution in [3.8, 4) is 0 Å². The van der Waals surface area contributed by atoms with Crippen LogP contribution in [0.25, 0.3) is 0 Å². The summed E-state index contributed by atoms with van der Waals surface area (Å²) in [6.07, 6.45) is 4.63. The Balaban J connectivity index is 2.52. The second-order valence-electron chi connectivity index (χ2n) is 4.23. The van der Waals surface area contributed by atoms with Crippen LogP contribution in [-0.2, 0) is 14.8 Å². The molecule has 0 N–H and O–H groups in total. The maximum atomic E-state index is 11.9. The normalized spacial score (nSPS) is 28.2. The number of likely N-dealkylation sites (N-methyl/N-ethyl adjacent to an activating group) is 1. The lowest BCUT2D eigenvalue weighted by molar-refractivity contribution is -0.122. The predicted molar refractivity (Wildman–Crippen MR) is 60.9 cm³/mol. The fraction of sp³-hybridized carbons (Fsp3) is 0.545. The summed E-state index contributed by atoms with van der Waals surface area (Å²) in [5, 5.41) is 0. The quantitative estimate of drug-likeness (QED) is 0.687. The van der Waals surface area contributed by atoms with Crippen molar-refractivity contribution in [2.45, 2.75) is 25.7 Å². The molecule has 16 heavy (non-hydrogen) atoms. The van der Waals surface area contributed by atoms with Crippen LogP contribution in [0.15, 0.2) is 23.1 Å². The molecular weight excluding hydrogens is 226 g/mol. The molecule has 0 aromatic rings. The number of carbonyl (C=O) groups is 1. The third-order valence-corrected chi connectivity index (χ3v) is 5.24. The molecule has 0 saturated carbocycles. The van der Waals surface area contributed by atoms with Gasteiger partial charge in [-0.15, -0.1) is 6.58 Å². The highest BCUT2D eigenvalue weighted by Gasteiger charge is 2.44. The van der Waals surface area contributed by atoms with E-state index in [0.717, 1.165) is 17.1 Å². The fourth-order valence-corrected chi connectivity index (χ4v) is 4.04. The van der Waals surface area contributed by atoms with Gasteiger partial charge in [-0.2, -0.15) is 0 Å². The Morgan fingerprint density at radius 3 is 2.88 bits per heavy atom. The summed E-state index contributed by atoms with van der Waals surface area (Å²) in [5.74, 6) is -0.310. The van der Waals surface area contributed by atoms with Crippen molar-refractivity contribution in [3.63, 3.8) is 0 Å². The topological polar surface area (TPSA) is 54.5 Å². The van der Waals surface area contributed by atoms with Gasteiger partial charge in [0.25, 0.3) is 15.9 Å². The van der Waals surface area contributed by atoms with Gasteiger partial charge in [0.05, 0.1) is 4.91 Å². The van der Waals surface area contributed by atoms with Gasteiger partial charge in [0.2, 0.25) is 0 Å². The third kappa shape index (κ3) is 1.42. The van der Waals surface area contributed by atoms with Crippen molar-refractivity contribution in [3.05, 3.63) is 23.1 Å². The summed E-state index contributed by atoms with van der Waals surface area (Å²) in [5.41, 5.74) is 0.508. The Labute approximate surface area is 95.7 Å². The zero-order valence-corrected chi connectivity index (χ0v) is 10.1. The highest BCUT2D eigenvalue weighted by Crippen LogP contribution is 2.41. The van der Waals surface area contributed by atoms with E-state index in [1.54, 1.807) is 6.08 Å². The largest absolute Gasteiger partial charge is 0.268 e. The van der Waals surface area contributed by atoms with Gasteiger partial charge in [-0.3, -0.25) is 4.79 Å². The minimum atomic E-state index is -3.50. The molecule has 0 radical (unpaired) electrons. The number of hydrogen-bond donors (Lipinski definition) is 0. The SMILES string of the molecule is C=CCC1CCCC2=C1C(=O)N(C)S2(=O)=O. The molecular formula is C11H15NO3S. The first kappa shape index (κ1) is 11.4. The lowest BCUT2D eigenvalue weighted by Gasteiger charge is -2.20. The summed E-state index contributed by atoms with van der Waals surface area (Å²) < 4.78 is 24.7. The molecule has 0 bridgehead atoms. The summed E-state index contributed by atoms with van der Waals surface area (Å²) in [6, 6.07) is 0. The lowest BCUT2D eigenvalue weighted by Crippen LogP contribution is -2.27. The zero-order valence-electron chi connectivity index (χ0n) is 9.27. The standard InChI is InChI=1S/C11H15NO3S/c1-3-5-8-6-4-7-9-10(8)11(13)12(2)16(9,14)15/h3,8H,1,4-7H2,2H3.